The van der Waals surface area contributed by atoms with Crippen LogP contribution in [0, 0.1) is 5.92 Å². The Morgan fingerprint density at radius 3 is 2.62 bits per heavy atom. The molecule has 1 aliphatic rings. The highest BCUT2D eigenvalue weighted by Gasteiger charge is 2.23. The van der Waals surface area contributed by atoms with Gasteiger partial charge in [0, 0.05) is 25.8 Å². The maximum Gasteiger partial charge on any atom is 0.338 e. The Hall–Kier alpha value is -2.57. The predicted molar refractivity (Wildman–Crippen MR) is 99.1 cm³/mol. The van der Waals surface area contributed by atoms with Crippen LogP contribution in [0.4, 0.5) is 10.5 Å². The minimum Gasteiger partial charge on any atom is -0.452 e. The number of carbonyl (C=O) groups excluding carboxylic acids is 3. The third-order valence-electron chi connectivity index (χ3n) is 4.61. The van der Waals surface area contributed by atoms with E-state index >= 15 is 0 Å². The van der Waals surface area contributed by atoms with Crippen molar-refractivity contribution in [1.82, 2.24) is 10.6 Å². The van der Waals surface area contributed by atoms with Gasteiger partial charge in [0.2, 0.25) is 0 Å². The Balaban J connectivity index is 1.78. The zero-order chi connectivity index (χ0) is 19.1. The molecule has 0 aromatic heterocycles. The van der Waals surface area contributed by atoms with Crippen molar-refractivity contribution in [1.29, 1.82) is 0 Å². The Bertz CT molecular complexity index is 660. The number of esters is 1. The minimum absolute atomic E-state index is 0.0767. The normalized spacial score (nSPS) is 19.3. The molecule has 0 bridgehead atoms. The SMILES string of the molecule is C[C@@H]1CCCC[C@@H]1NC(=O)NC(=O)COC(=O)c1cccc(N(C)C)c1. The third-order valence-corrected chi connectivity index (χ3v) is 4.61. The Morgan fingerprint density at radius 1 is 1.19 bits per heavy atom. The lowest BCUT2D eigenvalue weighted by Crippen LogP contribution is -2.48. The van der Waals surface area contributed by atoms with E-state index in [1.165, 1.54) is 6.42 Å². The first kappa shape index (κ1) is 19.8. The number of rotatable bonds is 5. The van der Waals surface area contributed by atoms with Crippen LogP contribution in [0.25, 0.3) is 0 Å². The summed E-state index contributed by atoms with van der Waals surface area (Å²) in [6, 6.07) is 6.43. The van der Waals surface area contributed by atoms with E-state index < -0.39 is 24.5 Å². The molecule has 1 aliphatic carbocycles. The van der Waals surface area contributed by atoms with Crippen LogP contribution in [-0.4, -0.2) is 44.7 Å². The molecule has 1 aromatic carbocycles. The molecule has 0 saturated heterocycles. The van der Waals surface area contributed by atoms with Gasteiger partial charge in [-0.1, -0.05) is 25.8 Å². The monoisotopic (exact) mass is 361 g/mol. The van der Waals surface area contributed by atoms with Crippen molar-refractivity contribution in [3.05, 3.63) is 29.8 Å². The smallest absolute Gasteiger partial charge is 0.338 e. The van der Waals surface area contributed by atoms with E-state index in [-0.39, 0.29) is 6.04 Å². The molecule has 2 rings (SSSR count). The van der Waals surface area contributed by atoms with Gasteiger partial charge in [-0.15, -0.1) is 0 Å². The molecule has 0 radical (unpaired) electrons. The molecule has 2 atom stereocenters. The highest BCUT2D eigenvalue weighted by molar-refractivity contribution is 5.97. The second-order valence-corrected chi connectivity index (χ2v) is 6.91. The molecule has 26 heavy (non-hydrogen) atoms. The molecule has 0 unspecified atom stereocenters. The van der Waals surface area contributed by atoms with Crippen molar-refractivity contribution in [3.8, 4) is 0 Å². The summed E-state index contributed by atoms with van der Waals surface area (Å²) in [5, 5.41) is 5.03. The van der Waals surface area contributed by atoms with Gasteiger partial charge in [0.05, 0.1) is 5.56 Å². The van der Waals surface area contributed by atoms with Gasteiger partial charge in [-0.2, -0.15) is 0 Å². The van der Waals surface area contributed by atoms with Crippen molar-refractivity contribution in [2.24, 2.45) is 5.92 Å². The number of nitrogens with zero attached hydrogens (tertiary/aromatic N) is 1. The number of carbonyl (C=O) groups is 3. The topological polar surface area (TPSA) is 87.7 Å². The maximum atomic E-state index is 12.0. The fraction of sp³-hybridized carbons (Fsp3) is 0.526. The van der Waals surface area contributed by atoms with E-state index in [9.17, 15) is 14.4 Å². The summed E-state index contributed by atoms with van der Waals surface area (Å²) in [6.07, 6.45) is 4.24. The number of anilines is 1. The second-order valence-electron chi connectivity index (χ2n) is 6.91. The van der Waals surface area contributed by atoms with Gasteiger partial charge in [0.25, 0.3) is 5.91 Å². The van der Waals surface area contributed by atoms with Gasteiger partial charge in [-0.05, 0) is 37.0 Å². The van der Waals surface area contributed by atoms with Crippen molar-refractivity contribution in [2.45, 2.75) is 38.6 Å². The first-order chi connectivity index (χ1) is 12.4. The van der Waals surface area contributed by atoms with Crippen LogP contribution >= 0.6 is 0 Å². The molecule has 1 saturated carbocycles. The van der Waals surface area contributed by atoms with Crippen molar-refractivity contribution in [2.75, 3.05) is 25.6 Å². The first-order valence-corrected chi connectivity index (χ1v) is 8.91. The second kappa shape index (κ2) is 9.22. The number of hydrogen-bond donors (Lipinski definition) is 2. The van der Waals surface area contributed by atoms with Gasteiger partial charge in [-0.3, -0.25) is 10.1 Å². The van der Waals surface area contributed by atoms with Crippen LogP contribution in [-0.2, 0) is 9.53 Å². The fourth-order valence-electron chi connectivity index (χ4n) is 3.02. The van der Waals surface area contributed by atoms with Crippen molar-refractivity contribution >= 4 is 23.6 Å². The minimum atomic E-state index is -0.650. The summed E-state index contributed by atoms with van der Waals surface area (Å²) < 4.78 is 4.99. The number of ether oxygens (including phenoxy) is 1. The highest BCUT2D eigenvalue weighted by atomic mass is 16.5. The molecule has 0 spiro atoms. The molecular weight excluding hydrogens is 334 g/mol. The summed E-state index contributed by atoms with van der Waals surface area (Å²) >= 11 is 0. The predicted octanol–water partition coefficient (Wildman–Crippen LogP) is 2.31. The Labute approximate surface area is 154 Å². The molecule has 7 nitrogen and oxygen atoms in total. The average molecular weight is 361 g/mol. The lowest BCUT2D eigenvalue weighted by atomic mass is 9.86. The summed E-state index contributed by atoms with van der Waals surface area (Å²) in [5.74, 6) is -0.861. The van der Waals surface area contributed by atoms with Crippen LogP contribution in [0.3, 0.4) is 0 Å². The van der Waals surface area contributed by atoms with E-state index in [1.54, 1.807) is 18.2 Å². The number of amides is 3. The van der Waals surface area contributed by atoms with E-state index in [4.69, 9.17) is 4.74 Å². The van der Waals surface area contributed by atoms with E-state index in [1.807, 2.05) is 25.1 Å². The van der Waals surface area contributed by atoms with Crippen LogP contribution in [0.5, 0.6) is 0 Å². The summed E-state index contributed by atoms with van der Waals surface area (Å²) in [5.41, 5.74) is 1.20. The number of imide groups is 1. The molecule has 142 valence electrons. The molecule has 3 amide bonds. The van der Waals surface area contributed by atoms with E-state index in [2.05, 4.69) is 17.6 Å². The van der Waals surface area contributed by atoms with Gasteiger partial charge in [-0.25, -0.2) is 9.59 Å². The van der Waals surface area contributed by atoms with Gasteiger partial charge in [0.15, 0.2) is 6.61 Å². The zero-order valence-corrected chi connectivity index (χ0v) is 15.6. The van der Waals surface area contributed by atoms with Crippen LogP contribution in [0.15, 0.2) is 24.3 Å². The van der Waals surface area contributed by atoms with Gasteiger partial charge >= 0.3 is 12.0 Å². The lowest BCUT2D eigenvalue weighted by molar-refractivity contribution is -0.123. The quantitative estimate of drug-likeness (QED) is 0.786. The Kier molecular flexibility index (Phi) is 7.00. The van der Waals surface area contributed by atoms with Gasteiger partial charge < -0.3 is 15.0 Å². The summed E-state index contributed by atoms with van der Waals surface area (Å²) in [4.78, 5) is 37.7. The van der Waals surface area contributed by atoms with Crippen molar-refractivity contribution < 1.29 is 19.1 Å². The van der Waals surface area contributed by atoms with E-state index in [0.29, 0.717) is 11.5 Å². The standard InChI is InChI=1S/C19H27N3O4/c1-13-7-4-5-10-16(13)20-19(25)21-17(23)12-26-18(24)14-8-6-9-15(11-14)22(2)3/h6,8-9,11,13,16H,4-5,7,10,12H2,1-3H3,(H2,20,21,23,25)/t13-,16+/m1/s1. The molecule has 7 heteroatoms. The number of hydrogen-bond acceptors (Lipinski definition) is 5. The summed E-state index contributed by atoms with van der Waals surface area (Å²) in [7, 11) is 3.73. The Morgan fingerprint density at radius 2 is 1.92 bits per heavy atom. The average Bonchev–Trinajstić information content (AvgIpc) is 2.61. The van der Waals surface area contributed by atoms with E-state index in [0.717, 1.165) is 24.9 Å². The van der Waals surface area contributed by atoms with Crippen LogP contribution in [0.2, 0.25) is 0 Å². The van der Waals surface area contributed by atoms with Crippen molar-refractivity contribution in [3.63, 3.8) is 0 Å². The summed E-state index contributed by atoms with van der Waals surface area (Å²) in [6.45, 7) is 1.59. The van der Waals surface area contributed by atoms with Crippen LogP contribution < -0.4 is 15.5 Å². The van der Waals surface area contributed by atoms with Crippen LogP contribution in [0.1, 0.15) is 43.0 Å². The number of urea groups is 1. The molecule has 1 fully saturated rings. The highest BCUT2D eigenvalue weighted by Crippen LogP contribution is 2.23. The molecular formula is C19H27N3O4. The third kappa shape index (κ3) is 5.75. The lowest BCUT2D eigenvalue weighted by Gasteiger charge is -2.29. The number of benzene rings is 1. The molecule has 1 aromatic rings. The fourth-order valence-corrected chi connectivity index (χ4v) is 3.02. The maximum absolute atomic E-state index is 12.0. The molecule has 2 N–H and O–H groups in total. The molecule has 0 aliphatic heterocycles. The zero-order valence-electron chi connectivity index (χ0n) is 15.6. The van der Waals surface area contributed by atoms with Gasteiger partial charge in [0.1, 0.15) is 0 Å². The molecule has 0 heterocycles. The first-order valence-electron chi connectivity index (χ1n) is 8.91. The number of nitrogens with one attached hydrogen (secondary N) is 2. The largest absolute Gasteiger partial charge is 0.452 e.